The first-order chi connectivity index (χ1) is 16.5. The molecule has 0 unspecified atom stereocenters. The third-order valence-electron chi connectivity index (χ3n) is 4.93. The number of methoxy groups -OCH3 is 1. The minimum absolute atomic E-state index is 0.134. The van der Waals surface area contributed by atoms with Crippen LogP contribution in [-0.4, -0.2) is 29.7 Å². The van der Waals surface area contributed by atoms with Crippen LogP contribution in [0.2, 0.25) is 0 Å². The van der Waals surface area contributed by atoms with Gasteiger partial charge in [-0.3, -0.25) is 14.9 Å². The predicted molar refractivity (Wildman–Crippen MR) is 139 cm³/mol. The van der Waals surface area contributed by atoms with Crippen molar-refractivity contribution in [2.24, 2.45) is 0 Å². The Hall–Kier alpha value is -3.62. The number of para-hydroxylation sites is 1. The van der Waals surface area contributed by atoms with Crippen molar-refractivity contribution in [1.82, 2.24) is 4.98 Å². The van der Waals surface area contributed by atoms with Crippen molar-refractivity contribution in [2.45, 2.75) is 11.8 Å². The van der Waals surface area contributed by atoms with E-state index in [0.717, 1.165) is 33.2 Å². The molecule has 0 radical (unpaired) electrons. The van der Waals surface area contributed by atoms with Gasteiger partial charge >= 0.3 is 0 Å². The molecule has 6 nitrogen and oxygen atoms in total. The molecule has 0 saturated heterocycles. The Bertz CT molecular complexity index is 1300. The van der Waals surface area contributed by atoms with Crippen LogP contribution in [0.15, 0.2) is 83.1 Å². The molecule has 1 aromatic heterocycles. The van der Waals surface area contributed by atoms with Gasteiger partial charge in [0.15, 0.2) is 5.13 Å². The Morgan fingerprint density at radius 2 is 1.71 bits per heavy atom. The average Bonchev–Trinajstić information content (AvgIpc) is 3.32. The summed E-state index contributed by atoms with van der Waals surface area (Å²) in [6.07, 6.45) is 0. The molecule has 0 spiro atoms. The molecule has 4 aromatic rings. The molecule has 8 heteroatoms. The molecule has 3 aromatic carbocycles. The van der Waals surface area contributed by atoms with E-state index < -0.39 is 0 Å². The largest absolute Gasteiger partial charge is 0.496 e. The van der Waals surface area contributed by atoms with E-state index in [1.807, 2.05) is 73.0 Å². The second kappa shape index (κ2) is 11.0. The fraction of sp³-hybridized carbons (Fsp3) is 0.115. The maximum absolute atomic E-state index is 13.0. The van der Waals surface area contributed by atoms with E-state index in [0.29, 0.717) is 10.7 Å². The van der Waals surface area contributed by atoms with Crippen LogP contribution in [0.4, 0.5) is 10.8 Å². The molecule has 2 amide bonds. The van der Waals surface area contributed by atoms with Gasteiger partial charge in [-0.05, 0) is 43.3 Å². The molecular formula is C26H23N3O3S2. The Balaban J connectivity index is 1.41. The first kappa shape index (κ1) is 23.5. The fourth-order valence-electron chi connectivity index (χ4n) is 3.23. The van der Waals surface area contributed by atoms with Gasteiger partial charge in [0.2, 0.25) is 5.91 Å². The molecule has 2 N–H and O–H groups in total. The highest BCUT2D eigenvalue weighted by molar-refractivity contribution is 8.00. The third kappa shape index (κ3) is 5.84. The second-order valence-corrected chi connectivity index (χ2v) is 9.27. The Labute approximate surface area is 206 Å². The fourth-order valence-corrected chi connectivity index (χ4v) is 4.79. The van der Waals surface area contributed by atoms with E-state index in [4.69, 9.17) is 4.74 Å². The van der Waals surface area contributed by atoms with E-state index in [-0.39, 0.29) is 17.6 Å². The maximum atomic E-state index is 13.0. The Kier molecular flexibility index (Phi) is 7.61. The molecule has 4 rings (SSSR count). The van der Waals surface area contributed by atoms with E-state index in [9.17, 15) is 9.59 Å². The number of thioether (sulfide) groups is 1. The first-order valence-electron chi connectivity index (χ1n) is 10.5. The van der Waals surface area contributed by atoms with Gasteiger partial charge in [0.25, 0.3) is 5.91 Å². The van der Waals surface area contributed by atoms with Crippen molar-refractivity contribution in [3.8, 4) is 17.0 Å². The summed E-state index contributed by atoms with van der Waals surface area (Å²) < 4.78 is 5.41. The number of nitrogens with one attached hydrogen (secondary N) is 2. The number of ether oxygens (including phenoxy) is 1. The zero-order chi connectivity index (χ0) is 23.9. The first-order valence-corrected chi connectivity index (χ1v) is 12.4. The maximum Gasteiger partial charge on any atom is 0.258 e. The number of aromatic nitrogens is 1. The van der Waals surface area contributed by atoms with Crippen LogP contribution < -0.4 is 15.4 Å². The number of carbonyl (C=O) groups is 2. The topological polar surface area (TPSA) is 80.3 Å². The minimum Gasteiger partial charge on any atom is -0.496 e. The summed E-state index contributed by atoms with van der Waals surface area (Å²) in [5.41, 5.74) is 3.95. The highest BCUT2D eigenvalue weighted by atomic mass is 32.2. The highest BCUT2D eigenvalue weighted by Gasteiger charge is 2.16. The summed E-state index contributed by atoms with van der Waals surface area (Å²) in [5.74, 6) is 0.498. The van der Waals surface area contributed by atoms with Gasteiger partial charge in [-0.25, -0.2) is 4.98 Å². The molecular weight excluding hydrogens is 466 g/mol. The second-order valence-electron chi connectivity index (χ2n) is 7.39. The molecule has 0 aliphatic rings. The number of aryl methyl sites for hydroxylation is 1. The van der Waals surface area contributed by atoms with Crippen LogP contribution in [-0.2, 0) is 4.79 Å². The highest BCUT2D eigenvalue weighted by Crippen LogP contribution is 2.32. The smallest absolute Gasteiger partial charge is 0.258 e. The molecule has 0 bridgehead atoms. The van der Waals surface area contributed by atoms with E-state index in [1.165, 1.54) is 23.1 Å². The molecule has 1 heterocycles. The molecule has 0 aliphatic carbocycles. The monoisotopic (exact) mass is 489 g/mol. The van der Waals surface area contributed by atoms with Crippen molar-refractivity contribution in [3.63, 3.8) is 0 Å². The molecule has 34 heavy (non-hydrogen) atoms. The number of hydrogen-bond acceptors (Lipinski definition) is 6. The van der Waals surface area contributed by atoms with Crippen LogP contribution in [0.1, 0.15) is 15.9 Å². The standard InChI is InChI=1S/C26H23N3O3S2/c1-17-11-13-18(14-12-17)27-24(30)16-33-23-10-6-4-8-20(23)25(31)29-26-28-21(15-34-26)19-7-3-5-9-22(19)32-2/h3-15H,16H2,1-2H3,(H,27,30)(H,28,29,31). The lowest BCUT2D eigenvalue weighted by Gasteiger charge is -2.09. The number of anilines is 2. The quantitative estimate of drug-likeness (QED) is 0.292. The summed E-state index contributed by atoms with van der Waals surface area (Å²) in [5, 5.41) is 8.12. The third-order valence-corrected chi connectivity index (χ3v) is 6.76. The summed E-state index contributed by atoms with van der Waals surface area (Å²) >= 11 is 2.66. The van der Waals surface area contributed by atoms with Crippen LogP contribution in [0, 0.1) is 6.92 Å². The lowest BCUT2D eigenvalue weighted by atomic mass is 10.1. The van der Waals surface area contributed by atoms with Crippen molar-refractivity contribution < 1.29 is 14.3 Å². The summed E-state index contributed by atoms with van der Waals surface area (Å²) in [6.45, 7) is 1.99. The number of benzene rings is 3. The van der Waals surface area contributed by atoms with Gasteiger partial charge in [-0.2, -0.15) is 0 Å². The zero-order valence-electron chi connectivity index (χ0n) is 18.7. The van der Waals surface area contributed by atoms with Crippen LogP contribution in [0.25, 0.3) is 11.3 Å². The van der Waals surface area contributed by atoms with Gasteiger partial charge in [0.05, 0.1) is 24.1 Å². The molecule has 0 saturated carbocycles. The number of nitrogens with zero attached hydrogens (tertiary/aromatic N) is 1. The SMILES string of the molecule is COc1ccccc1-c1csc(NC(=O)c2ccccc2SCC(=O)Nc2ccc(C)cc2)n1. The van der Waals surface area contributed by atoms with E-state index >= 15 is 0 Å². The van der Waals surface area contributed by atoms with Gasteiger partial charge in [-0.15, -0.1) is 23.1 Å². The van der Waals surface area contributed by atoms with Crippen LogP contribution in [0.5, 0.6) is 5.75 Å². The van der Waals surface area contributed by atoms with Crippen LogP contribution >= 0.6 is 23.1 Å². The number of hydrogen-bond donors (Lipinski definition) is 2. The average molecular weight is 490 g/mol. The van der Waals surface area contributed by atoms with E-state index in [2.05, 4.69) is 15.6 Å². The molecule has 172 valence electrons. The summed E-state index contributed by atoms with van der Waals surface area (Å²) in [6, 6.07) is 22.5. The van der Waals surface area contributed by atoms with Gasteiger partial charge < -0.3 is 10.1 Å². The number of rotatable bonds is 8. The molecule has 0 aliphatic heterocycles. The number of amides is 2. The van der Waals surface area contributed by atoms with Crippen molar-refractivity contribution >= 4 is 45.7 Å². The van der Waals surface area contributed by atoms with Crippen molar-refractivity contribution in [2.75, 3.05) is 23.5 Å². The predicted octanol–water partition coefficient (Wildman–Crippen LogP) is 6.11. The van der Waals surface area contributed by atoms with Gasteiger partial charge in [0.1, 0.15) is 5.75 Å². The van der Waals surface area contributed by atoms with E-state index in [1.54, 1.807) is 19.2 Å². The normalized spacial score (nSPS) is 10.5. The minimum atomic E-state index is -0.275. The summed E-state index contributed by atoms with van der Waals surface area (Å²) in [7, 11) is 1.61. The lowest BCUT2D eigenvalue weighted by molar-refractivity contribution is -0.113. The Morgan fingerprint density at radius 3 is 2.50 bits per heavy atom. The van der Waals surface area contributed by atoms with Crippen molar-refractivity contribution in [1.29, 1.82) is 0 Å². The van der Waals surface area contributed by atoms with Crippen LogP contribution in [0.3, 0.4) is 0 Å². The van der Waals surface area contributed by atoms with Gasteiger partial charge in [0, 0.05) is 21.5 Å². The number of thiazole rings is 1. The van der Waals surface area contributed by atoms with Gasteiger partial charge in [-0.1, -0.05) is 42.0 Å². The Morgan fingerprint density at radius 1 is 0.971 bits per heavy atom. The number of carbonyl (C=O) groups excluding carboxylic acids is 2. The molecule has 0 fully saturated rings. The summed E-state index contributed by atoms with van der Waals surface area (Å²) in [4.78, 5) is 30.6. The van der Waals surface area contributed by atoms with Crippen molar-refractivity contribution in [3.05, 3.63) is 89.3 Å². The molecule has 0 atom stereocenters. The zero-order valence-corrected chi connectivity index (χ0v) is 20.3. The lowest BCUT2D eigenvalue weighted by Crippen LogP contribution is -2.15.